The number of rotatable bonds is 3. The van der Waals surface area contributed by atoms with Crippen molar-refractivity contribution >= 4 is 17.3 Å². The molecule has 1 saturated heterocycles. The van der Waals surface area contributed by atoms with E-state index in [1.807, 2.05) is 0 Å². The molecule has 1 aromatic carbocycles. The Morgan fingerprint density at radius 1 is 1.55 bits per heavy atom. The van der Waals surface area contributed by atoms with E-state index in [0.29, 0.717) is 24.3 Å². The summed E-state index contributed by atoms with van der Waals surface area (Å²) in [5.41, 5.74) is 0.793. The number of aliphatic hydroxyl groups excluding tert-OH is 1. The minimum Gasteiger partial charge on any atom is -0.389 e. The van der Waals surface area contributed by atoms with Crippen LogP contribution in [-0.4, -0.2) is 35.1 Å². The molecule has 2 atom stereocenters. The van der Waals surface area contributed by atoms with Crippen LogP contribution >= 0.6 is 0 Å². The molecule has 2 N–H and O–H groups in total. The summed E-state index contributed by atoms with van der Waals surface area (Å²) < 4.78 is 0. The van der Waals surface area contributed by atoms with Crippen molar-refractivity contribution < 1.29 is 14.8 Å². The molecule has 0 radical (unpaired) electrons. The molecule has 0 bridgehead atoms. The first kappa shape index (κ1) is 14.3. The van der Waals surface area contributed by atoms with Crippen LogP contribution in [0.2, 0.25) is 0 Å². The fourth-order valence-electron chi connectivity index (χ4n) is 2.30. The molecule has 7 heteroatoms. The summed E-state index contributed by atoms with van der Waals surface area (Å²) in [6.45, 7) is 4.23. The van der Waals surface area contributed by atoms with Gasteiger partial charge in [0.2, 0.25) is 5.91 Å². The van der Waals surface area contributed by atoms with E-state index in [0.717, 1.165) is 0 Å². The largest absolute Gasteiger partial charge is 0.389 e. The average molecular weight is 279 g/mol. The number of nitro benzene ring substituents is 1. The van der Waals surface area contributed by atoms with Gasteiger partial charge in [-0.25, -0.2) is 0 Å². The summed E-state index contributed by atoms with van der Waals surface area (Å²) >= 11 is 0. The molecule has 108 valence electrons. The molecule has 7 nitrogen and oxygen atoms in total. The summed E-state index contributed by atoms with van der Waals surface area (Å²) in [7, 11) is 0. The topological polar surface area (TPSA) is 95.7 Å². The third-order valence-electron chi connectivity index (χ3n) is 3.49. The first-order chi connectivity index (χ1) is 9.41. The van der Waals surface area contributed by atoms with Crippen molar-refractivity contribution in [3.63, 3.8) is 0 Å². The second-order valence-electron chi connectivity index (χ2n) is 4.84. The molecule has 20 heavy (non-hydrogen) atoms. The predicted molar refractivity (Wildman–Crippen MR) is 73.5 cm³/mol. The van der Waals surface area contributed by atoms with Crippen LogP contribution in [0.25, 0.3) is 0 Å². The highest BCUT2D eigenvalue weighted by Gasteiger charge is 2.30. The Morgan fingerprint density at radius 2 is 2.25 bits per heavy atom. The molecule has 0 saturated carbocycles. The van der Waals surface area contributed by atoms with Crippen molar-refractivity contribution in [3.8, 4) is 0 Å². The normalized spacial score (nSPS) is 20.4. The fourth-order valence-corrected chi connectivity index (χ4v) is 2.30. The van der Waals surface area contributed by atoms with Crippen molar-refractivity contribution in [2.75, 3.05) is 18.0 Å². The van der Waals surface area contributed by atoms with Gasteiger partial charge in [-0.1, -0.05) is 6.07 Å². The minimum atomic E-state index is -0.773. The van der Waals surface area contributed by atoms with E-state index in [2.05, 4.69) is 5.32 Å². The third-order valence-corrected chi connectivity index (χ3v) is 3.49. The Morgan fingerprint density at radius 3 is 2.85 bits per heavy atom. The molecule has 2 rings (SSSR count). The van der Waals surface area contributed by atoms with Crippen LogP contribution in [0, 0.1) is 10.1 Å². The zero-order chi connectivity index (χ0) is 14.9. The Balaban J connectivity index is 2.45. The molecule has 1 unspecified atom stereocenters. The second kappa shape index (κ2) is 5.46. The van der Waals surface area contributed by atoms with Crippen LogP contribution in [0.15, 0.2) is 18.2 Å². The smallest absolute Gasteiger partial charge is 0.292 e. The number of anilines is 1. The molecule has 0 spiro atoms. The highest BCUT2D eigenvalue weighted by Crippen LogP contribution is 2.32. The Hall–Kier alpha value is -2.15. The minimum absolute atomic E-state index is 0.0926. The number of carbonyl (C=O) groups excluding carboxylic acids is 1. The molecular formula is C13H17N3O4. The maximum absolute atomic E-state index is 11.7. The van der Waals surface area contributed by atoms with Crippen molar-refractivity contribution in [2.45, 2.75) is 26.0 Å². The molecule has 1 aromatic rings. The van der Waals surface area contributed by atoms with Gasteiger partial charge in [0.25, 0.3) is 5.69 Å². The van der Waals surface area contributed by atoms with Crippen molar-refractivity contribution in [1.82, 2.24) is 5.32 Å². The molecule has 1 fully saturated rings. The number of carbonyl (C=O) groups is 1. The Kier molecular flexibility index (Phi) is 3.89. The summed E-state index contributed by atoms with van der Waals surface area (Å²) in [5.74, 6) is -0.148. The van der Waals surface area contributed by atoms with Crippen molar-refractivity contribution in [2.24, 2.45) is 0 Å². The van der Waals surface area contributed by atoms with Gasteiger partial charge in [0, 0.05) is 19.2 Å². The number of nitrogens with one attached hydrogen (secondary N) is 1. The van der Waals surface area contributed by atoms with Gasteiger partial charge < -0.3 is 15.3 Å². The van der Waals surface area contributed by atoms with E-state index in [9.17, 15) is 20.0 Å². The number of amides is 1. The van der Waals surface area contributed by atoms with E-state index in [4.69, 9.17) is 0 Å². The maximum Gasteiger partial charge on any atom is 0.292 e. The Bertz CT molecular complexity index is 544. The van der Waals surface area contributed by atoms with Crippen molar-refractivity contribution in [1.29, 1.82) is 0 Å². The van der Waals surface area contributed by atoms with Crippen LogP contribution in [0.3, 0.4) is 0 Å². The van der Waals surface area contributed by atoms with E-state index < -0.39 is 17.1 Å². The SMILES string of the molecule is CC1C(=O)NCCN1c1ccc([C@H](C)O)cc1[N+](=O)[O-]. The number of benzene rings is 1. The van der Waals surface area contributed by atoms with Gasteiger partial charge in [0.1, 0.15) is 11.7 Å². The lowest BCUT2D eigenvalue weighted by molar-refractivity contribution is -0.384. The number of piperazine rings is 1. The molecule has 1 heterocycles. The van der Waals surface area contributed by atoms with Crippen LogP contribution in [-0.2, 0) is 4.79 Å². The standard InChI is InChI=1S/C13H17N3O4/c1-8-13(18)14-5-6-15(8)11-4-3-10(9(2)17)7-12(11)16(19)20/h3-4,7-9,17H,5-6H2,1-2H3,(H,14,18)/t8?,9-/m0/s1. The van der Waals surface area contributed by atoms with Crippen LogP contribution in [0.1, 0.15) is 25.5 Å². The number of nitrogens with zero attached hydrogens (tertiary/aromatic N) is 2. The average Bonchev–Trinajstić information content (AvgIpc) is 2.41. The molecule has 1 aliphatic rings. The zero-order valence-corrected chi connectivity index (χ0v) is 11.4. The van der Waals surface area contributed by atoms with Crippen LogP contribution < -0.4 is 10.2 Å². The molecular weight excluding hydrogens is 262 g/mol. The lowest BCUT2D eigenvalue weighted by Gasteiger charge is -2.34. The van der Waals surface area contributed by atoms with Gasteiger partial charge >= 0.3 is 0 Å². The van der Waals surface area contributed by atoms with Gasteiger partial charge in [-0.3, -0.25) is 14.9 Å². The maximum atomic E-state index is 11.7. The third kappa shape index (κ3) is 2.57. The number of nitro groups is 1. The second-order valence-corrected chi connectivity index (χ2v) is 4.84. The van der Waals surface area contributed by atoms with E-state index in [-0.39, 0.29) is 11.6 Å². The predicted octanol–water partition coefficient (Wildman–Crippen LogP) is 0.973. The quantitative estimate of drug-likeness (QED) is 0.635. The van der Waals surface area contributed by atoms with Crippen LogP contribution in [0.5, 0.6) is 0 Å². The summed E-state index contributed by atoms with van der Waals surface area (Å²) in [6, 6.07) is 4.14. The fraction of sp³-hybridized carbons (Fsp3) is 0.462. The first-order valence-electron chi connectivity index (χ1n) is 6.42. The number of aliphatic hydroxyl groups is 1. The van der Waals surface area contributed by atoms with Gasteiger partial charge in [0.15, 0.2) is 0 Å². The van der Waals surface area contributed by atoms with E-state index >= 15 is 0 Å². The Labute approximate surface area is 116 Å². The molecule has 0 aliphatic carbocycles. The van der Waals surface area contributed by atoms with Gasteiger partial charge in [-0.2, -0.15) is 0 Å². The monoisotopic (exact) mass is 279 g/mol. The summed E-state index contributed by atoms with van der Waals surface area (Å²) in [6.07, 6.45) is -0.773. The van der Waals surface area contributed by atoms with Gasteiger partial charge in [-0.15, -0.1) is 0 Å². The van der Waals surface area contributed by atoms with Crippen LogP contribution in [0.4, 0.5) is 11.4 Å². The van der Waals surface area contributed by atoms with Gasteiger partial charge in [-0.05, 0) is 25.5 Å². The lowest BCUT2D eigenvalue weighted by atomic mass is 10.1. The highest BCUT2D eigenvalue weighted by molar-refractivity contribution is 5.87. The zero-order valence-electron chi connectivity index (χ0n) is 11.4. The first-order valence-corrected chi connectivity index (χ1v) is 6.42. The number of hydrogen-bond donors (Lipinski definition) is 2. The van der Waals surface area contributed by atoms with E-state index in [1.165, 1.54) is 6.07 Å². The molecule has 0 aromatic heterocycles. The summed E-state index contributed by atoms with van der Waals surface area (Å²) in [5, 5.41) is 23.5. The number of hydrogen-bond acceptors (Lipinski definition) is 5. The molecule has 1 aliphatic heterocycles. The lowest BCUT2D eigenvalue weighted by Crippen LogP contribution is -2.54. The van der Waals surface area contributed by atoms with E-state index in [1.54, 1.807) is 30.9 Å². The van der Waals surface area contributed by atoms with Crippen molar-refractivity contribution in [3.05, 3.63) is 33.9 Å². The highest BCUT2D eigenvalue weighted by atomic mass is 16.6. The van der Waals surface area contributed by atoms with Gasteiger partial charge in [0.05, 0.1) is 11.0 Å². The molecule has 1 amide bonds. The summed E-state index contributed by atoms with van der Waals surface area (Å²) in [4.78, 5) is 24.1.